The standard InChI is InChI=1S/C9H10ClFN2O4S/c10-4-1-5-12-18(16,17)9-3-2-7(13(14)15)6-8(9)11/h2-3,6,12H,1,4-5H2. The summed E-state index contributed by atoms with van der Waals surface area (Å²) in [6.45, 7) is 0.0717. The van der Waals surface area contributed by atoms with Gasteiger partial charge in [-0.05, 0) is 12.5 Å². The maximum absolute atomic E-state index is 13.5. The summed E-state index contributed by atoms with van der Waals surface area (Å²) in [6, 6.07) is 2.35. The van der Waals surface area contributed by atoms with E-state index in [2.05, 4.69) is 4.72 Å². The first-order valence-corrected chi connectivity index (χ1v) is 6.90. The van der Waals surface area contributed by atoms with Crippen LogP contribution in [-0.2, 0) is 10.0 Å². The van der Waals surface area contributed by atoms with Crippen LogP contribution in [-0.4, -0.2) is 25.8 Å². The maximum Gasteiger partial charge on any atom is 0.272 e. The van der Waals surface area contributed by atoms with Gasteiger partial charge in [-0.15, -0.1) is 11.6 Å². The van der Waals surface area contributed by atoms with Gasteiger partial charge in [-0.1, -0.05) is 0 Å². The number of rotatable bonds is 6. The second-order valence-electron chi connectivity index (χ2n) is 3.31. The van der Waals surface area contributed by atoms with Gasteiger partial charge >= 0.3 is 0 Å². The van der Waals surface area contributed by atoms with E-state index in [-0.39, 0.29) is 12.4 Å². The van der Waals surface area contributed by atoms with Crippen LogP contribution in [0.2, 0.25) is 0 Å². The molecule has 1 N–H and O–H groups in total. The van der Waals surface area contributed by atoms with Gasteiger partial charge in [-0.25, -0.2) is 17.5 Å². The van der Waals surface area contributed by atoms with Crippen molar-refractivity contribution >= 4 is 27.3 Å². The molecule has 0 spiro atoms. The van der Waals surface area contributed by atoms with E-state index in [1.165, 1.54) is 0 Å². The van der Waals surface area contributed by atoms with Gasteiger partial charge in [-0.2, -0.15) is 0 Å². The fourth-order valence-electron chi connectivity index (χ4n) is 1.17. The van der Waals surface area contributed by atoms with Crippen molar-refractivity contribution < 1.29 is 17.7 Å². The third-order valence-electron chi connectivity index (χ3n) is 2.02. The summed E-state index contributed by atoms with van der Waals surface area (Å²) in [5.41, 5.74) is -0.507. The Balaban J connectivity index is 2.99. The summed E-state index contributed by atoms with van der Waals surface area (Å²) < 4.78 is 38.9. The predicted octanol–water partition coefficient (Wildman–Crippen LogP) is 1.64. The monoisotopic (exact) mass is 296 g/mol. The summed E-state index contributed by atoms with van der Waals surface area (Å²) in [7, 11) is -4.01. The van der Waals surface area contributed by atoms with Crippen molar-refractivity contribution in [3.63, 3.8) is 0 Å². The average molecular weight is 297 g/mol. The number of alkyl halides is 1. The first-order valence-electron chi connectivity index (χ1n) is 4.88. The molecule has 0 aliphatic heterocycles. The SMILES string of the molecule is O=[N+]([O-])c1ccc(S(=O)(=O)NCCCCl)c(F)c1. The predicted molar refractivity (Wildman–Crippen MR) is 63.6 cm³/mol. The zero-order valence-corrected chi connectivity index (χ0v) is 10.7. The fraction of sp³-hybridized carbons (Fsp3) is 0.333. The smallest absolute Gasteiger partial charge is 0.258 e. The molecule has 1 rings (SSSR count). The second-order valence-corrected chi connectivity index (χ2v) is 5.43. The van der Waals surface area contributed by atoms with Crippen LogP contribution in [0.4, 0.5) is 10.1 Å². The zero-order chi connectivity index (χ0) is 13.8. The Kier molecular flexibility index (Phi) is 5.00. The van der Waals surface area contributed by atoms with E-state index in [9.17, 15) is 22.9 Å². The molecule has 18 heavy (non-hydrogen) atoms. The van der Waals surface area contributed by atoms with Gasteiger partial charge in [0.05, 0.1) is 11.0 Å². The van der Waals surface area contributed by atoms with Crippen LogP contribution in [0.25, 0.3) is 0 Å². The molecule has 0 bridgehead atoms. The van der Waals surface area contributed by atoms with E-state index in [1.807, 2.05) is 0 Å². The molecule has 0 saturated carbocycles. The summed E-state index contributed by atoms with van der Waals surface area (Å²) in [5, 5.41) is 10.4. The molecular formula is C9H10ClFN2O4S. The maximum atomic E-state index is 13.5. The van der Waals surface area contributed by atoms with Gasteiger partial charge in [0, 0.05) is 18.5 Å². The Bertz CT molecular complexity index is 549. The van der Waals surface area contributed by atoms with Crippen molar-refractivity contribution in [2.45, 2.75) is 11.3 Å². The minimum atomic E-state index is -4.01. The van der Waals surface area contributed by atoms with Crippen LogP contribution in [0.15, 0.2) is 23.1 Å². The van der Waals surface area contributed by atoms with E-state index < -0.39 is 31.3 Å². The highest BCUT2D eigenvalue weighted by atomic mass is 35.5. The average Bonchev–Trinajstić information content (AvgIpc) is 2.28. The number of hydrogen-bond acceptors (Lipinski definition) is 4. The van der Waals surface area contributed by atoms with E-state index in [0.717, 1.165) is 12.1 Å². The van der Waals surface area contributed by atoms with Crippen LogP contribution >= 0.6 is 11.6 Å². The molecule has 1 aromatic rings. The normalized spacial score (nSPS) is 11.4. The number of benzene rings is 1. The first-order chi connectivity index (χ1) is 8.38. The minimum absolute atomic E-state index is 0.0717. The van der Waals surface area contributed by atoms with Crippen molar-refractivity contribution in [3.05, 3.63) is 34.1 Å². The summed E-state index contributed by atoms with van der Waals surface area (Å²) in [4.78, 5) is 8.96. The van der Waals surface area contributed by atoms with Crippen LogP contribution in [0.1, 0.15) is 6.42 Å². The summed E-state index contributed by atoms with van der Waals surface area (Å²) >= 11 is 5.38. The molecule has 0 amide bonds. The largest absolute Gasteiger partial charge is 0.272 e. The molecule has 0 aliphatic carbocycles. The molecule has 0 heterocycles. The lowest BCUT2D eigenvalue weighted by Crippen LogP contribution is -2.25. The molecule has 0 aromatic heterocycles. The first kappa shape index (κ1) is 14.8. The molecule has 0 saturated heterocycles. The molecule has 6 nitrogen and oxygen atoms in total. The fourth-order valence-corrected chi connectivity index (χ4v) is 2.44. The Morgan fingerprint density at radius 3 is 2.61 bits per heavy atom. The molecule has 100 valence electrons. The molecule has 9 heteroatoms. The van der Waals surface area contributed by atoms with Gasteiger partial charge in [0.15, 0.2) is 0 Å². The quantitative estimate of drug-likeness (QED) is 0.374. The van der Waals surface area contributed by atoms with Crippen LogP contribution < -0.4 is 4.72 Å². The number of sulfonamides is 1. The number of nitrogens with zero attached hydrogens (tertiary/aromatic N) is 1. The molecule has 0 aliphatic rings. The minimum Gasteiger partial charge on any atom is -0.258 e. The summed E-state index contributed by atoms with van der Waals surface area (Å²) in [5.74, 6) is -0.895. The highest BCUT2D eigenvalue weighted by molar-refractivity contribution is 7.89. The van der Waals surface area contributed by atoms with Gasteiger partial charge in [0.25, 0.3) is 5.69 Å². The highest BCUT2D eigenvalue weighted by Crippen LogP contribution is 2.20. The van der Waals surface area contributed by atoms with Crippen molar-refractivity contribution in [3.8, 4) is 0 Å². The van der Waals surface area contributed by atoms with E-state index in [1.54, 1.807) is 0 Å². The number of halogens is 2. The van der Waals surface area contributed by atoms with Gasteiger partial charge in [-0.3, -0.25) is 10.1 Å². The van der Waals surface area contributed by atoms with Crippen LogP contribution in [0.3, 0.4) is 0 Å². The lowest BCUT2D eigenvalue weighted by molar-refractivity contribution is -0.385. The second kappa shape index (κ2) is 6.07. The van der Waals surface area contributed by atoms with E-state index in [0.29, 0.717) is 12.5 Å². The van der Waals surface area contributed by atoms with Gasteiger partial charge in [0.2, 0.25) is 10.0 Å². The Morgan fingerprint density at radius 2 is 2.11 bits per heavy atom. The molecule has 0 unspecified atom stereocenters. The lowest BCUT2D eigenvalue weighted by atomic mass is 10.3. The number of nitro benzene ring substituents is 1. The van der Waals surface area contributed by atoms with Crippen LogP contribution in [0.5, 0.6) is 0 Å². The Morgan fingerprint density at radius 1 is 1.44 bits per heavy atom. The van der Waals surface area contributed by atoms with E-state index in [4.69, 9.17) is 11.6 Å². The Labute approximate surface area is 108 Å². The number of non-ortho nitro benzene ring substituents is 1. The van der Waals surface area contributed by atoms with Crippen molar-refractivity contribution in [2.24, 2.45) is 0 Å². The Hall–Kier alpha value is -1.25. The molecule has 0 radical (unpaired) electrons. The number of nitrogens with one attached hydrogen (secondary N) is 1. The van der Waals surface area contributed by atoms with Crippen molar-refractivity contribution in [1.82, 2.24) is 4.72 Å². The highest BCUT2D eigenvalue weighted by Gasteiger charge is 2.21. The molecule has 0 atom stereocenters. The number of nitro groups is 1. The van der Waals surface area contributed by atoms with Gasteiger partial charge < -0.3 is 0 Å². The number of hydrogen-bond donors (Lipinski definition) is 1. The zero-order valence-electron chi connectivity index (χ0n) is 9.10. The molecule has 1 aromatic carbocycles. The van der Waals surface area contributed by atoms with Crippen molar-refractivity contribution in [1.29, 1.82) is 0 Å². The van der Waals surface area contributed by atoms with E-state index >= 15 is 0 Å². The third kappa shape index (κ3) is 3.62. The lowest BCUT2D eigenvalue weighted by Gasteiger charge is -2.06. The topological polar surface area (TPSA) is 89.3 Å². The van der Waals surface area contributed by atoms with Gasteiger partial charge in [0.1, 0.15) is 10.7 Å². The van der Waals surface area contributed by atoms with Crippen LogP contribution in [0, 0.1) is 15.9 Å². The third-order valence-corrected chi connectivity index (χ3v) is 3.78. The molecular weight excluding hydrogens is 287 g/mol. The summed E-state index contributed by atoms with van der Waals surface area (Å²) in [6.07, 6.45) is 0.398. The molecule has 0 fully saturated rings. The van der Waals surface area contributed by atoms with Crippen molar-refractivity contribution in [2.75, 3.05) is 12.4 Å².